The number of Topliss-reactive ketones (excluding diaryl/α,β-unsaturated/α-hetero) is 1. The standard InChI is InChI=1S/C10H11N3O/c1-11-6-10(14)8-2-3-9-4-5-12-13(9)7-8/h2-5,7,11H,6H2,1H3. The van der Waals surface area contributed by atoms with Gasteiger partial charge < -0.3 is 5.32 Å². The van der Waals surface area contributed by atoms with Gasteiger partial charge in [0.15, 0.2) is 5.78 Å². The number of pyridine rings is 1. The van der Waals surface area contributed by atoms with E-state index in [1.54, 1.807) is 24.0 Å². The third kappa shape index (κ3) is 1.52. The zero-order valence-corrected chi connectivity index (χ0v) is 7.90. The van der Waals surface area contributed by atoms with Crippen LogP contribution in [0.15, 0.2) is 30.6 Å². The summed E-state index contributed by atoms with van der Waals surface area (Å²) < 4.78 is 1.70. The Kier molecular flexibility index (Phi) is 2.28. The second-order valence-corrected chi connectivity index (χ2v) is 3.07. The van der Waals surface area contributed by atoms with Crippen LogP contribution in [-0.4, -0.2) is 29.0 Å². The molecule has 0 aliphatic heterocycles. The molecule has 72 valence electrons. The van der Waals surface area contributed by atoms with Crippen LogP contribution in [-0.2, 0) is 0 Å². The van der Waals surface area contributed by atoms with E-state index in [0.717, 1.165) is 5.52 Å². The Balaban J connectivity index is 2.38. The average Bonchev–Trinajstić information content (AvgIpc) is 2.64. The Hall–Kier alpha value is -1.68. The lowest BCUT2D eigenvalue weighted by atomic mass is 10.2. The molecule has 4 nitrogen and oxygen atoms in total. The van der Waals surface area contributed by atoms with E-state index in [1.165, 1.54) is 0 Å². The highest BCUT2D eigenvalue weighted by molar-refractivity contribution is 5.97. The van der Waals surface area contributed by atoms with E-state index in [1.807, 2.05) is 18.2 Å². The monoisotopic (exact) mass is 189 g/mol. The summed E-state index contributed by atoms with van der Waals surface area (Å²) in [6, 6.07) is 5.60. The van der Waals surface area contributed by atoms with Gasteiger partial charge in [0, 0.05) is 18.0 Å². The van der Waals surface area contributed by atoms with Gasteiger partial charge in [-0.2, -0.15) is 5.10 Å². The Morgan fingerprint density at radius 3 is 3.14 bits per heavy atom. The summed E-state index contributed by atoms with van der Waals surface area (Å²) in [6.07, 6.45) is 3.46. The van der Waals surface area contributed by atoms with E-state index in [0.29, 0.717) is 12.1 Å². The first-order valence-electron chi connectivity index (χ1n) is 4.42. The van der Waals surface area contributed by atoms with E-state index in [9.17, 15) is 4.79 Å². The van der Waals surface area contributed by atoms with Gasteiger partial charge in [-0.15, -0.1) is 0 Å². The number of rotatable bonds is 3. The molecule has 0 saturated carbocycles. The maximum Gasteiger partial charge on any atom is 0.178 e. The number of nitrogens with zero attached hydrogens (tertiary/aromatic N) is 2. The minimum absolute atomic E-state index is 0.0740. The van der Waals surface area contributed by atoms with Crippen molar-refractivity contribution in [2.24, 2.45) is 0 Å². The van der Waals surface area contributed by atoms with Gasteiger partial charge in [-0.3, -0.25) is 4.79 Å². The van der Waals surface area contributed by atoms with Gasteiger partial charge in [0.25, 0.3) is 0 Å². The molecule has 0 spiro atoms. The maximum atomic E-state index is 11.5. The van der Waals surface area contributed by atoms with Crippen molar-refractivity contribution in [1.29, 1.82) is 0 Å². The molecule has 0 saturated heterocycles. The van der Waals surface area contributed by atoms with Crippen LogP contribution in [0.5, 0.6) is 0 Å². The van der Waals surface area contributed by atoms with Gasteiger partial charge in [-0.1, -0.05) is 0 Å². The molecule has 2 rings (SSSR count). The number of carbonyl (C=O) groups excluding carboxylic acids is 1. The number of likely N-dealkylation sites (N-methyl/N-ethyl adjacent to an activating group) is 1. The first-order valence-corrected chi connectivity index (χ1v) is 4.42. The molecule has 0 amide bonds. The topological polar surface area (TPSA) is 46.4 Å². The van der Waals surface area contributed by atoms with Gasteiger partial charge in [0.1, 0.15) is 0 Å². The van der Waals surface area contributed by atoms with E-state index < -0.39 is 0 Å². The molecule has 0 radical (unpaired) electrons. The van der Waals surface area contributed by atoms with Crippen LogP contribution in [0.3, 0.4) is 0 Å². The molecular formula is C10H11N3O. The third-order valence-electron chi connectivity index (χ3n) is 2.06. The van der Waals surface area contributed by atoms with Gasteiger partial charge in [-0.25, -0.2) is 4.52 Å². The van der Waals surface area contributed by atoms with E-state index in [2.05, 4.69) is 10.4 Å². The predicted molar refractivity (Wildman–Crippen MR) is 53.4 cm³/mol. The number of carbonyl (C=O) groups is 1. The molecule has 0 aliphatic carbocycles. The van der Waals surface area contributed by atoms with Crippen molar-refractivity contribution < 1.29 is 4.79 Å². The smallest absolute Gasteiger partial charge is 0.178 e. The summed E-state index contributed by atoms with van der Waals surface area (Å²) in [6.45, 7) is 0.354. The van der Waals surface area contributed by atoms with Crippen molar-refractivity contribution in [1.82, 2.24) is 14.9 Å². The summed E-state index contributed by atoms with van der Waals surface area (Å²) in [5.41, 5.74) is 1.67. The van der Waals surface area contributed by atoms with Crippen LogP contribution in [0.2, 0.25) is 0 Å². The summed E-state index contributed by atoms with van der Waals surface area (Å²) >= 11 is 0. The van der Waals surface area contributed by atoms with Crippen LogP contribution in [0.4, 0.5) is 0 Å². The predicted octanol–water partition coefficient (Wildman–Crippen LogP) is 0.736. The average molecular weight is 189 g/mol. The Morgan fingerprint density at radius 2 is 2.36 bits per heavy atom. The Labute approximate surface area is 81.5 Å². The van der Waals surface area contributed by atoms with Crippen LogP contribution < -0.4 is 5.32 Å². The molecule has 4 heteroatoms. The largest absolute Gasteiger partial charge is 0.313 e. The highest BCUT2D eigenvalue weighted by atomic mass is 16.1. The summed E-state index contributed by atoms with van der Waals surface area (Å²) in [7, 11) is 1.75. The Bertz CT molecular complexity index is 461. The third-order valence-corrected chi connectivity index (χ3v) is 2.06. The van der Waals surface area contributed by atoms with Crippen molar-refractivity contribution in [2.75, 3.05) is 13.6 Å². The number of aromatic nitrogens is 2. The van der Waals surface area contributed by atoms with Crippen molar-refractivity contribution in [3.05, 3.63) is 36.2 Å². The minimum atomic E-state index is 0.0740. The van der Waals surface area contributed by atoms with Gasteiger partial charge in [0.05, 0.1) is 12.1 Å². The van der Waals surface area contributed by atoms with E-state index in [-0.39, 0.29) is 5.78 Å². The lowest BCUT2D eigenvalue weighted by molar-refractivity contribution is 0.0993. The van der Waals surface area contributed by atoms with Gasteiger partial charge >= 0.3 is 0 Å². The molecule has 0 bridgehead atoms. The lowest BCUT2D eigenvalue weighted by Crippen LogP contribution is -2.18. The van der Waals surface area contributed by atoms with Crippen molar-refractivity contribution in [2.45, 2.75) is 0 Å². The van der Waals surface area contributed by atoms with Crippen molar-refractivity contribution >= 4 is 11.3 Å². The maximum absolute atomic E-state index is 11.5. The fraction of sp³-hybridized carbons (Fsp3) is 0.200. The van der Waals surface area contributed by atoms with Gasteiger partial charge in [0.2, 0.25) is 0 Å². The molecule has 0 fully saturated rings. The summed E-state index contributed by atoms with van der Waals surface area (Å²) in [5.74, 6) is 0.0740. The Morgan fingerprint density at radius 1 is 1.50 bits per heavy atom. The van der Waals surface area contributed by atoms with Gasteiger partial charge in [-0.05, 0) is 25.2 Å². The number of hydrogen-bond donors (Lipinski definition) is 1. The zero-order valence-electron chi connectivity index (χ0n) is 7.90. The van der Waals surface area contributed by atoms with Crippen molar-refractivity contribution in [3.8, 4) is 0 Å². The molecule has 0 atom stereocenters. The second-order valence-electron chi connectivity index (χ2n) is 3.07. The first-order chi connectivity index (χ1) is 6.81. The SMILES string of the molecule is CNCC(=O)c1ccc2ccnn2c1. The molecule has 2 heterocycles. The van der Waals surface area contributed by atoms with Crippen molar-refractivity contribution in [3.63, 3.8) is 0 Å². The molecule has 2 aromatic heterocycles. The fourth-order valence-electron chi connectivity index (χ4n) is 1.34. The quantitative estimate of drug-likeness (QED) is 0.724. The normalized spacial score (nSPS) is 10.6. The molecule has 2 aromatic rings. The van der Waals surface area contributed by atoms with Crippen LogP contribution in [0.25, 0.3) is 5.52 Å². The van der Waals surface area contributed by atoms with E-state index >= 15 is 0 Å². The number of nitrogens with one attached hydrogen (secondary N) is 1. The molecule has 0 aromatic carbocycles. The number of hydrogen-bond acceptors (Lipinski definition) is 3. The lowest BCUT2D eigenvalue weighted by Gasteiger charge is -2.00. The highest BCUT2D eigenvalue weighted by Crippen LogP contribution is 2.05. The second kappa shape index (κ2) is 3.59. The zero-order chi connectivity index (χ0) is 9.97. The molecule has 14 heavy (non-hydrogen) atoms. The number of ketones is 1. The van der Waals surface area contributed by atoms with Crippen LogP contribution >= 0.6 is 0 Å². The summed E-state index contributed by atoms with van der Waals surface area (Å²) in [4.78, 5) is 11.5. The molecule has 0 unspecified atom stereocenters. The molecule has 0 aliphatic rings. The molecule has 1 N–H and O–H groups in total. The summed E-state index contributed by atoms with van der Waals surface area (Å²) in [5, 5.41) is 6.89. The fourth-order valence-corrected chi connectivity index (χ4v) is 1.34. The van der Waals surface area contributed by atoms with Crippen LogP contribution in [0.1, 0.15) is 10.4 Å². The highest BCUT2D eigenvalue weighted by Gasteiger charge is 2.04. The van der Waals surface area contributed by atoms with Crippen LogP contribution in [0, 0.1) is 0 Å². The molecular weight excluding hydrogens is 178 g/mol. The number of fused-ring (bicyclic) bond motifs is 1. The first kappa shape index (κ1) is 8.90. The van der Waals surface area contributed by atoms with E-state index in [4.69, 9.17) is 0 Å². The minimum Gasteiger partial charge on any atom is -0.313 e.